The predicted octanol–water partition coefficient (Wildman–Crippen LogP) is 6.44. The maximum atomic E-state index is 14.8. The van der Waals surface area contributed by atoms with Gasteiger partial charge in [-0.3, -0.25) is 4.99 Å². The van der Waals surface area contributed by atoms with Crippen molar-refractivity contribution in [2.75, 3.05) is 13.1 Å². The zero-order chi connectivity index (χ0) is 24.7. The molecule has 1 aromatic rings. The number of aliphatic imine (C=N–C) groups is 1. The number of carbonyl (C=O) groups is 1. The van der Waals surface area contributed by atoms with Crippen molar-refractivity contribution in [2.45, 2.75) is 73.1 Å². The predicted molar refractivity (Wildman–Crippen MR) is 135 cm³/mol. The molecule has 6 heteroatoms. The van der Waals surface area contributed by atoms with Crippen LogP contribution in [0.5, 0.6) is 0 Å². The minimum Gasteiger partial charge on any atom is -0.447 e. The Bertz CT molecular complexity index is 948. The molecular formula is C27H38FN3O2. The molecule has 1 fully saturated rings. The third-order valence-electron chi connectivity index (χ3n) is 5.94. The molecule has 0 aliphatic carbocycles. The lowest BCUT2D eigenvalue weighted by Crippen LogP contribution is -2.57. The number of nitrogens with zero attached hydrogens (tertiary/aromatic N) is 3. The summed E-state index contributed by atoms with van der Waals surface area (Å²) >= 11 is 0. The van der Waals surface area contributed by atoms with E-state index in [1.807, 2.05) is 46.8 Å². The summed E-state index contributed by atoms with van der Waals surface area (Å²) in [5, 5.41) is 0. The Labute approximate surface area is 198 Å². The number of hydrogen-bond donors (Lipinski definition) is 0. The number of carbonyl (C=O) groups excluding carboxylic acids is 1. The third kappa shape index (κ3) is 6.12. The van der Waals surface area contributed by atoms with Crippen LogP contribution < -0.4 is 0 Å². The van der Waals surface area contributed by atoms with Crippen molar-refractivity contribution < 1.29 is 13.9 Å². The molecule has 1 amide bonds. The number of hydrogen-bond acceptors (Lipinski definition) is 4. The molecule has 0 radical (unpaired) electrons. The van der Waals surface area contributed by atoms with E-state index in [0.29, 0.717) is 25.1 Å². The van der Waals surface area contributed by atoms with E-state index in [9.17, 15) is 9.18 Å². The van der Waals surface area contributed by atoms with Crippen molar-refractivity contribution in [3.8, 4) is 0 Å². The molecule has 33 heavy (non-hydrogen) atoms. The van der Waals surface area contributed by atoms with Crippen LogP contribution >= 0.6 is 0 Å². The highest BCUT2D eigenvalue weighted by atomic mass is 19.1. The van der Waals surface area contributed by atoms with Crippen LogP contribution in [0.2, 0.25) is 0 Å². The molecule has 2 atom stereocenters. The van der Waals surface area contributed by atoms with Gasteiger partial charge in [-0.2, -0.15) is 0 Å². The van der Waals surface area contributed by atoms with Crippen LogP contribution in [0, 0.1) is 5.82 Å². The molecular weight excluding hydrogens is 417 g/mol. The molecule has 0 N–H and O–H groups in total. The van der Waals surface area contributed by atoms with Crippen LogP contribution in [-0.2, 0) is 4.74 Å². The van der Waals surface area contributed by atoms with Crippen molar-refractivity contribution >= 4 is 17.4 Å². The number of benzene rings is 1. The highest BCUT2D eigenvalue weighted by Crippen LogP contribution is 2.33. The molecule has 1 aliphatic rings. The summed E-state index contributed by atoms with van der Waals surface area (Å²) in [5.41, 5.74) is 4.10. The number of halogens is 1. The Hall–Kier alpha value is -2.89. The van der Waals surface area contributed by atoms with Gasteiger partial charge in [0.05, 0.1) is 6.10 Å². The van der Waals surface area contributed by atoms with E-state index >= 15 is 0 Å². The van der Waals surface area contributed by atoms with Gasteiger partial charge in [-0.15, -0.1) is 0 Å². The lowest BCUT2D eigenvalue weighted by Gasteiger charge is -2.46. The Morgan fingerprint density at radius 2 is 1.85 bits per heavy atom. The maximum Gasteiger partial charge on any atom is 0.410 e. The Morgan fingerprint density at radius 3 is 2.39 bits per heavy atom. The largest absolute Gasteiger partial charge is 0.447 e. The summed E-state index contributed by atoms with van der Waals surface area (Å²) in [6.07, 6.45) is 3.71. The minimum absolute atomic E-state index is 0.0346. The first kappa shape index (κ1) is 26.4. The molecule has 180 valence electrons. The number of allylic oxidation sites excluding steroid dienone is 4. The van der Waals surface area contributed by atoms with Gasteiger partial charge >= 0.3 is 6.09 Å². The second-order valence-corrected chi connectivity index (χ2v) is 8.69. The summed E-state index contributed by atoms with van der Waals surface area (Å²) in [7, 11) is 0. The summed E-state index contributed by atoms with van der Waals surface area (Å²) < 4.78 is 20.3. The average Bonchev–Trinajstić information content (AvgIpc) is 2.77. The third-order valence-corrected chi connectivity index (χ3v) is 5.94. The van der Waals surface area contributed by atoms with Crippen molar-refractivity contribution in [1.82, 2.24) is 9.80 Å². The summed E-state index contributed by atoms with van der Waals surface area (Å²) in [5.74, 6) is -0.271. The SMILES string of the molecule is C=CN=C(CC)C(/C(=C\C)c1ccccc1F)=C(\C)N1C[C@@H](C)N(C(=O)OC(C)C)C[C@@H]1C. The van der Waals surface area contributed by atoms with Crippen LogP contribution in [0.15, 0.2) is 59.4 Å². The van der Waals surface area contributed by atoms with E-state index in [1.165, 1.54) is 12.3 Å². The van der Waals surface area contributed by atoms with Gasteiger partial charge < -0.3 is 14.5 Å². The van der Waals surface area contributed by atoms with Gasteiger partial charge in [0.25, 0.3) is 0 Å². The smallest absolute Gasteiger partial charge is 0.410 e. The molecule has 1 aliphatic heterocycles. The maximum absolute atomic E-state index is 14.8. The molecule has 1 saturated heterocycles. The Kier molecular flexibility index (Phi) is 9.44. The molecule has 1 heterocycles. The van der Waals surface area contributed by atoms with Crippen molar-refractivity contribution in [3.05, 3.63) is 65.8 Å². The zero-order valence-corrected chi connectivity index (χ0v) is 21.1. The molecule has 0 bridgehead atoms. The van der Waals surface area contributed by atoms with Crippen molar-refractivity contribution in [3.63, 3.8) is 0 Å². The molecule has 5 nitrogen and oxygen atoms in total. The average molecular weight is 456 g/mol. The highest BCUT2D eigenvalue weighted by molar-refractivity contribution is 6.14. The Balaban J connectivity index is 2.56. The number of amides is 1. The van der Waals surface area contributed by atoms with Crippen molar-refractivity contribution in [2.24, 2.45) is 4.99 Å². The zero-order valence-electron chi connectivity index (χ0n) is 21.1. The molecule has 0 unspecified atom stereocenters. The van der Waals surface area contributed by atoms with E-state index in [0.717, 1.165) is 22.6 Å². The topological polar surface area (TPSA) is 45.1 Å². The van der Waals surface area contributed by atoms with E-state index in [1.54, 1.807) is 17.0 Å². The highest BCUT2D eigenvalue weighted by Gasteiger charge is 2.34. The van der Waals surface area contributed by atoms with E-state index in [-0.39, 0.29) is 30.1 Å². The van der Waals surface area contributed by atoms with Crippen LogP contribution in [-0.4, -0.2) is 52.9 Å². The fourth-order valence-electron chi connectivity index (χ4n) is 4.38. The molecule has 1 aromatic carbocycles. The first-order chi connectivity index (χ1) is 15.7. The summed E-state index contributed by atoms with van der Waals surface area (Å²) in [6, 6.07) is 6.83. The standard InChI is InChI=1S/C27H38FN3O2/c1-9-22(23-14-12-13-15-24(23)28)26(25(10-2)29-11-3)21(8)30-16-20(7)31(17-19(30)6)27(32)33-18(4)5/h9,11-15,18-20H,3,10,16-17H2,1-2,4-8H3/b22-9-,26-21+,29-25?/t19-,20+/m0/s1. The van der Waals surface area contributed by atoms with E-state index in [4.69, 9.17) is 4.74 Å². The lowest BCUT2D eigenvalue weighted by atomic mass is 9.90. The number of rotatable bonds is 7. The summed E-state index contributed by atoms with van der Waals surface area (Å²) in [4.78, 5) is 21.2. The number of piperazine rings is 1. The molecule has 0 aromatic heterocycles. The van der Waals surface area contributed by atoms with Gasteiger partial charge in [-0.25, -0.2) is 9.18 Å². The van der Waals surface area contributed by atoms with Gasteiger partial charge in [0.15, 0.2) is 0 Å². The second-order valence-electron chi connectivity index (χ2n) is 8.69. The molecule has 0 spiro atoms. The Morgan fingerprint density at radius 1 is 1.24 bits per heavy atom. The monoisotopic (exact) mass is 455 g/mol. The quantitative estimate of drug-likeness (QED) is 0.351. The van der Waals surface area contributed by atoms with Gasteiger partial charge in [0, 0.05) is 53.9 Å². The van der Waals surface area contributed by atoms with Crippen LogP contribution in [0.1, 0.15) is 60.5 Å². The first-order valence-electron chi connectivity index (χ1n) is 11.7. The van der Waals surface area contributed by atoms with Gasteiger partial charge in [0.1, 0.15) is 5.82 Å². The van der Waals surface area contributed by atoms with E-state index < -0.39 is 0 Å². The van der Waals surface area contributed by atoms with Gasteiger partial charge in [0.2, 0.25) is 0 Å². The van der Waals surface area contributed by atoms with Gasteiger partial charge in [-0.05, 0) is 59.6 Å². The lowest BCUT2D eigenvalue weighted by molar-refractivity contribution is 0.0277. The first-order valence-corrected chi connectivity index (χ1v) is 11.7. The number of ether oxygens (including phenoxy) is 1. The normalized spacial score (nSPS) is 20.6. The fraction of sp³-hybridized carbons (Fsp3) is 0.481. The van der Waals surface area contributed by atoms with Gasteiger partial charge in [-0.1, -0.05) is 37.8 Å². The summed E-state index contributed by atoms with van der Waals surface area (Å²) in [6.45, 7) is 18.8. The fourth-order valence-corrected chi connectivity index (χ4v) is 4.38. The van der Waals surface area contributed by atoms with Crippen LogP contribution in [0.25, 0.3) is 5.57 Å². The second kappa shape index (κ2) is 11.8. The van der Waals surface area contributed by atoms with Crippen LogP contribution in [0.3, 0.4) is 0 Å². The molecule has 0 saturated carbocycles. The van der Waals surface area contributed by atoms with Crippen LogP contribution in [0.4, 0.5) is 9.18 Å². The minimum atomic E-state index is -0.283. The van der Waals surface area contributed by atoms with Crippen molar-refractivity contribution in [1.29, 1.82) is 0 Å². The molecule has 2 rings (SSSR count). The van der Waals surface area contributed by atoms with E-state index in [2.05, 4.69) is 30.3 Å².